The van der Waals surface area contributed by atoms with Crippen molar-refractivity contribution in [2.24, 2.45) is 5.73 Å². The van der Waals surface area contributed by atoms with Crippen molar-refractivity contribution in [3.05, 3.63) is 52.0 Å². The number of benzene rings is 2. The summed E-state index contributed by atoms with van der Waals surface area (Å²) >= 11 is 3.42. The summed E-state index contributed by atoms with van der Waals surface area (Å²) in [7, 11) is 1.63. The van der Waals surface area contributed by atoms with Gasteiger partial charge in [-0.05, 0) is 42.8 Å². The van der Waals surface area contributed by atoms with Gasteiger partial charge in [0.05, 0.1) is 7.11 Å². The van der Waals surface area contributed by atoms with Crippen LogP contribution < -0.4 is 15.2 Å². The Bertz CT molecular complexity index is 533. The van der Waals surface area contributed by atoms with Gasteiger partial charge >= 0.3 is 0 Å². The standard InChI is InChI=1S/C15H16BrNO2/c1-10-3-5-14(15(7-10)18-2)19-13-6-4-12(16)8-11(13)9-17/h3-8H,9,17H2,1-2H3. The predicted octanol–water partition coefficient (Wildman–Crippen LogP) is 4.02. The van der Waals surface area contributed by atoms with Crippen molar-refractivity contribution in [2.75, 3.05) is 7.11 Å². The van der Waals surface area contributed by atoms with E-state index in [1.165, 1.54) is 0 Å². The van der Waals surface area contributed by atoms with E-state index in [-0.39, 0.29) is 0 Å². The Labute approximate surface area is 121 Å². The van der Waals surface area contributed by atoms with Gasteiger partial charge in [-0.1, -0.05) is 22.0 Å². The monoisotopic (exact) mass is 321 g/mol. The number of nitrogens with two attached hydrogens (primary N) is 1. The summed E-state index contributed by atoms with van der Waals surface area (Å²) in [4.78, 5) is 0. The number of hydrogen-bond acceptors (Lipinski definition) is 3. The SMILES string of the molecule is COc1cc(C)ccc1Oc1ccc(Br)cc1CN. The summed E-state index contributed by atoms with van der Waals surface area (Å²) in [5.74, 6) is 2.14. The van der Waals surface area contributed by atoms with Crippen LogP contribution in [0.4, 0.5) is 0 Å². The molecule has 0 saturated heterocycles. The molecule has 0 radical (unpaired) electrons. The van der Waals surface area contributed by atoms with Gasteiger partial charge in [-0.2, -0.15) is 0 Å². The van der Waals surface area contributed by atoms with E-state index in [1.54, 1.807) is 7.11 Å². The van der Waals surface area contributed by atoms with Crippen molar-refractivity contribution in [2.45, 2.75) is 13.5 Å². The number of hydrogen-bond donors (Lipinski definition) is 1. The molecule has 0 atom stereocenters. The Hall–Kier alpha value is -1.52. The number of halogens is 1. The fraction of sp³-hybridized carbons (Fsp3) is 0.200. The summed E-state index contributed by atoms with van der Waals surface area (Å²) in [5, 5.41) is 0. The van der Waals surface area contributed by atoms with E-state index < -0.39 is 0 Å². The normalized spacial score (nSPS) is 10.3. The molecule has 100 valence electrons. The molecule has 0 aliphatic heterocycles. The molecule has 2 aromatic carbocycles. The molecule has 0 aliphatic carbocycles. The van der Waals surface area contributed by atoms with E-state index in [9.17, 15) is 0 Å². The Balaban J connectivity index is 2.36. The first kappa shape index (κ1) is 13.9. The molecule has 0 aromatic heterocycles. The van der Waals surface area contributed by atoms with E-state index >= 15 is 0 Å². The van der Waals surface area contributed by atoms with Crippen molar-refractivity contribution < 1.29 is 9.47 Å². The summed E-state index contributed by atoms with van der Waals surface area (Å²) in [5.41, 5.74) is 7.80. The molecule has 0 amide bonds. The topological polar surface area (TPSA) is 44.5 Å². The summed E-state index contributed by atoms with van der Waals surface area (Å²) in [6.07, 6.45) is 0. The van der Waals surface area contributed by atoms with E-state index in [1.807, 2.05) is 43.3 Å². The highest BCUT2D eigenvalue weighted by molar-refractivity contribution is 9.10. The largest absolute Gasteiger partial charge is 0.493 e. The van der Waals surface area contributed by atoms with Crippen molar-refractivity contribution in [3.8, 4) is 17.2 Å². The minimum Gasteiger partial charge on any atom is -0.493 e. The predicted molar refractivity (Wildman–Crippen MR) is 79.8 cm³/mol. The van der Waals surface area contributed by atoms with Crippen molar-refractivity contribution in [3.63, 3.8) is 0 Å². The smallest absolute Gasteiger partial charge is 0.169 e. The highest BCUT2D eigenvalue weighted by Gasteiger charge is 2.09. The Morgan fingerprint density at radius 3 is 2.47 bits per heavy atom. The molecule has 0 heterocycles. The zero-order valence-corrected chi connectivity index (χ0v) is 12.5. The Kier molecular flexibility index (Phi) is 4.45. The van der Waals surface area contributed by atoms with Crippen LogP contribution in [0.1, 0.15) is 11.1 Å². The molecule has 0 saturated carbocycles. The quantitative estimate of drug-likeness (QED) is 0.925. The molecule has 0 unspecified atom stereocenters. The van der Waals surface area contributed by atoms with Gasteiger partial charge in [0, 0.05) is 16.6 Å². The van der Waals surface area contributed by atoms with E-state index in [4.69, 9.17) is 15.2 Å². The highest BCUT2D eigenvalue weighted by atomic mass is 79.9. The molecular weight excluding hydrogens is 306 g/mol. The summed E-state index contributed by atoms with van der Waals surface area (Å²) in [6, 6.07) is 11.6. The molecule has 4 heteroatoms. The fourth-order valence-electron chi connectivity index (χ4n) is 1.78. The first-order valence-electron chi connectivity index (χ1n) is 5.95. The summed E-state index contributed by atoms with van der Waals surface area (Å²) in [6.45, 7) is 2.43. The van der Waals surface area contributed by atoms with Gasteiger partial charge in [0.2, 0.25) is 0 Å². The Morgan fingerprint density at radius 1 is 1.05 bits per heavy atom. The molecule has 2 N–H and O–H groups in total. The minimum absolute atomic E-state index is 0.420. The van der Waals surface area contributed by atoms with E-state index in [2.05, 4.69) is 15.9 Å². The average molecular weight is 322 g/mol. The second-order valence-corrected chi connectivity index (χ2v) is 5.13. The van der Waals surface area contributed by atoms with Gasteiger partial charge in [0.25, 0.3) is 0 Å². The molecular formula is C15H16BrNO2. The average Bonchev–Trinajstić information content (AvgIpc) is 2.42. The maximum atomic E-state index is 5.91. The van der Waals surface area contributed by atoms with Crippen LogP contribution in [0.5, 0.6) is 17.2 Å². The van der Waals surface area contributed by atoms with Gasteiger partial charge in [-0.25, -0.2) is 0 Å². The number of aryl methyl sites for hydroxylation is 1. The zero-order chi connectivity index (χ0) is 13.8. The fourth-order valence-corrected chi connectivity index (χ4v) is 2.19. The minimum atomic E-state index is 0.420. The van der Waals surface area contributed by atoms with E-state index in [0.717, 1.165) is 21.3 Å². The van der Waals surface area contributed by atoms with Crippen LogP contribution in [0.15, 0.2) is 40.9 Å². The highest BCUT2D eigenvalue weighted by Crippen LogP contribution is 2.34. The molecule has 0 bridgehead atoms. The molecule has 2 rings (SSSR count). The third-order valence-corrected chi connectivity index (χ3v) is 3.27. The van der Waals surface area contributed by atoms with Gasteiger partial charge < -0.3 is 15.2 Å². The van der Waals surface area contributed by atoms with Gasteiger partial charge in [0.1, 0.15) is 5.75 Å². The van der Waals surface area contributed by atoms with Crippen molar-refractivity contribution in [1.82, 2.24) is 0 Å². The van der Waals surface area contributed by atoms with Crippen LogP contribution in [-0.2, 0) is 6.54 Å². The zero-order valence-electron chi connectivity index (χ0n) is 10.9. The van der Waals surface area contributed by atoms with Gasteiger partial charge in [-0.15, -0.1) is 0 Å². The second kappa shape index (κ2) is 6.08. The summed E-state index contributed by atoms with van der Waals surface area (Å²) < 4.78 is 12.2. The van der Waals surface area contributed by atoms with Crippen LogP contribution in [0, 0.1) is 6.92 Å². The van der Waals surface area contributed by atoms with Crippen LogP contribution in [0.3, 0.4) is 0 Å². The van der Waals surface area contributed by atoms with Crippen LogP contribution in [-0.4, -0.2) is 7.11 Å². The molecule has 0 fully saturated rings. The lowest BCUT2D eigenvalue weighted by Crippen LogP contribution is -2.00. The van der Waals surface area contributed by atoms with Gasteiger partial charge in [-0.3, -0.25) is 0 Å². The third kappa shape index (κ3) is 3.28. The van der Waals surface area contributed by atoms with Crippen LogP contribution in [0.2, 0.25) is 0 Å². The van der Waals surface area contributed by atoms with E-state index in [0.29, 0.717) is 18.0 Å². The molecule has 0 spiro atoms. The lowest BCUT2D eigenvalue weighted by Gasteiger charge is -2.13. The first-order chi connectivity index (χ1) is 9.13. The number of rotatable bonds is 4. The van der Waals surface area contributed by atoms with Crippen molar-refractivity contribution >= 4 is 15.9 Å². The lowest BCUT2D eigenvalue weighted by molar-refractivity contribution is 0.377. The van der Waals surface area contributed by atoms with Crippen LogP contribution in [0.25, 0.3) is 0 Å². The molecule has 19 heavy (non-hydrogen) atoms. The first-order valence-corrected chi connectivity index (χ1v) is 6.74. The second-order valence-electron chi connectivity index (χ2n) is 4.21. The maximum absolute atomic E-state index is 5.91. The lowest BCUT2D eigenvalue weighted by atomic mass is 10.2. The molecule has 2 aromatic rings. The van der Waals surface area contributed by atoms with Gasteiger partial charge in [0.15, 0.2) is 11.5 Å². The third-order valence-electron chi connectivity index (χ3n) is 2.78. The Morgan fingerprint density at radius 2 is 1.79 bits per heavy atom. The van der Waals surface area contributed by atoms with Crippen LogP contribution >= 0.6 is 15.9 Å². The maximum Gasteiger partial charge on any atom is 0.169 e. The molecule has 0 aliphatic rings. The van der Waals surface area contributed by atoms with Crippen molar-refractivity contribution in [1.29, 1.82) is 0 Å². The molecule has 3 nitrogen and oxygen atoms in total. The number of methoxy groups -OCH3 is 1. The number of ether oxygens (including phenoxy) is 2.